The summed E-state index contributed by atoms with van der Waals surface area (Å²) in [6, 6.07) is 6.51. The van der Waals surface area contributed by atoms with Crippen molar-refractivity contribution in [2.75, 3.05) is 5.32 Å². The molecule has 5 heteroatoms. The highest BCUT2D eigenvalue weighted by atomic mass is 35.5. The predicted molar refractivity (Wildman–Crippen MR) is 63.9 cm³/mol. The number of para-hydroxylation sites is 2. The molecule has 0 heterocycles. The number of hydrogen-bond acceptors (Lipinski definition) is 2. The van der Waals surface area contributed by atoms with Crippen molar-refractivity contribution in [2.24, 2.45) is 5.41 Å². The summed E-state index contributed by atoms with van der Waals surface area (Å²) < 4.78 is -0.999. The molecule has 0 spiro atoms. The van der Waals surface area contributed by atoms with Gasteiger partial charge in [-0.15, -0.1) is 23.2 Å². The van der Waals surface area contributed by atoms with E-state index in [2.05, 4.69) is 5.32 Å². The zero-order valence-corrected chi connectivity index (χ0v) is 10.1. The van der Waals surface area contributed by atoms with Gasteiger partial charge in [0.25, 0.3) is 0 Å². The predicted octanol–water partition coefficient (Wildman–Crippen LogP) is 2.91. The van der Waals surface area contributed by atoms with Crippen LogP contribution in [0.25, 0.3) is 0 Å². The van der Waals surface area contributed by atoms with E-state index in [0.717, 1.165) is 0 Å². The van der Waals surface area contributed by atoms with Crippen molar-refractivity contribution in [1.82, 2.24) is 0 Å². The highest BCUT2D eigenvalue weighted by Gasteiger charge is 2.67. The third kappa shape index (κ3) is 1.74. The Labute approximate surface area is 103 Å². The summed E-state index contributed by atoms with van der Waals surface area (Å²) in [7, 11) is 0. The molecule has 1 aliphatic carbocycles. The van der Waals surface area contributed by atoms with Crippen molar-refractivity contribution in [3.05, 3.63) is 24.3 Å². The molecule has 1 unspecified atom stereocenters. The number of phenols is 1. The fourth-order valence-electron chi connectivity index (χ4n) is 1.49. The first-order chi connectivity index (χ1) is 7.37. The zero-order chi connectivity index (χ0) is 12.0. The number of halogens is 2. The van der Waals surface area contributed by atoms with Crippen molar-refractivity contribution in [3.63, 3.8) is 0 Å². The average Bonchev–Trinajstić information content (AvgIpc) is 2.71. The van der Waals surface area contributed by atoms with Gasteiger partial charge >= 0.3 is 0 Å². The first kappa shape index (κ1) is 11.6. The summed E-state index contributed by atoms with van der Waals surface area (Å²) in [4.78, 5) is 11.9. The largest absolute Gasteiger partial charge is 0.506 e. The molecule has 2 N–H and O–H groups in total. The van der Waals surface area contributed by atoms with Gasteiger partial charge in [0.15, 0.2) is 0 Å². The highest BCUT2D eigenvalue weighted by Crippen LogP contribution is 2.64. The molecule has 0 aromatic heterocycles. The van der Waals surface area contributed by atoms with Crippen LogP contribution in [0.4, 0.5) is 5.69 Å². The van der Waals surface area contributed by atoms with Gasteiger partial charge in [0.2, 0.25) is 5.91 Å². The summed E-state index contributed by atoms with van der Waals surface area (Å²) in [6.07, 6.45) is 0.419. The summed E-state index contributed by atoms with van der Waals surface area (Å²) in [5.41, 5.74) is -0.414. The van der Waals surface area contributed by atoms with Crippen LogP contribution >= 0.6 is 23.2 Å². The lowest BCUT2D eigenvalue weighted by Gasteiger charge is -2.13. The summed E-state index contributed by atoms with van der Waals surface area (Å²) >= 11 is 11.8. The molecule has 0 bridgehead atoms. The topological polar surface area (TPSA) is 49.3 Å². The minimum absolute atomic E-state index is 0.0230. The second kappa shape index (κ2) is 3.54. The van der Waals surface area contributed by atoms with Crippen LogP contribution in [0.3, 0.4) is 0 Å². The molecule has 1 aromatic carbocycles. The second-order valence-electron chi connectivity index (χ2n) is 4.18. The highest BCUT2D eigenvalue weighted by molar-refractivity contribution is 6.53. The fraction of sp³-hybridized carbons (Fsp3) is 0.364. The SMILES string of the molecule is CC1(C(=O)Nc2ccccc2O)CC1(Cl)Cl. The van der Waals surface area contributed by atoms with E-state index < -0.39 is 9.75 Å². The average molecular weight is 260 g/mol. The summed E-state index contributed by atoms with van der Waals surface area (Å²) in [5, 5.41) is 12.1. The number of nitrogens with one attached hydrogen (secondary N) is 1. The van der Waals surface area contributed by atoms with Crippen LogP contribution in [0.5, 0.6) is 5.75 Å². The number of carbonyl (C=O) groups is 1. The van der Waals surface area contributed by atoms with E-state index in [-0.39, 0.29) is 11.7 Å². The number of alkyl halides is 2. The number of anilines is 1. The fourth-order valence-corrected chi connectivity index (χ4v) is 2.19. The Morgan fingerprint density at radius 2 is 2.00 bits per heavy atom. The van der Waals surface area contributed by atoms with Crippen molar-refractivity contribution in [2.45, 2.75) is 17.7 Å². The van der Waals surface area contributed by atoms with Crippen molar-refractivity contribution < 1.29 is 9.90 Å². The van der Waals surface area contributed by atoms with Gasteiger partial charge in [-0.3, -0.25) is 4.79 Å². The molecule has 1 atom stereocenters. The molecular formula is C11H11Cl2NO2. The smallest absolute Gasteiger partial charge is 0.233 e. The minimum Gasteiger partial charge on any atom is -0.506 e. The number of rotatable bonds is 2. The molecule has 0 radical (unpaired) electrons. The Morgan fingerprint density at radius 3 is 2.50 bits per heavy atom. The minimum atomic E-state index is -0.999. The van der Waals surface area contributed by atoms with Crippen molar-refractivity contribution >= 4 is 34.8 Å². The van der Waals surface area contributed by atoms with E-state index in [0.29, 0.717) is 12.1 Å². The van der Waals surface area contributed by atoms with Crippen LogP contribution in [-0.4, -0.2) is 15.3 Å². The Morgan fingerprint density at radius 1 is 1.44 bits per heavy atom. The lowest BCUT2D eigenvalue weighted by Crippen LogP contribution is -2.25. The van der Waals surface area contributed by atoms with Crippen LogP contribution in [-0.2, 0) is 4.79 Å². The monoisotopic (exact) mass is 259 g/mol. The number of amides is 1. The van der Waals surface area contributed by atoms with Gasteiger partial charge in [0.05, 0.1) is 11.1 Å². The lowest BCUT2D eigenvalue weighted by atomic mass is 10.1. The van der Waals surface area contributed by atoms with Crippen LogP contribution < -0.4 is 5.32 Å². The molecule has 1 amide bonds. The molecule has 86 valence electrons. The van der Waals surface area contributed by atoms with E-state index in [1.807, 2.05) is 0 Å². The molecule has 3 nitrogen and oxygen atoms in total. The van der Waals surface area contributed by atoms with Crippen LogP contribution in [0.15, 0.2) is 24.3 Å². The molecule has 1 saturated carbocycles. The number of phenolic OH excluding ortho intramolecular Hbond substituents is 1. The number of hydrogen-bond donors (Lipinski definition) is 2. The quantitative estimate of drug-likeness (QED) is 0.634. The van der Waals surface area contributed by atoms with Crippen molar-refractivity contribution in [1.29, 1.82) is 0 Å². The third-order valence-electron chi connectivity index (χ3n) is 2.91. The van der Waals surface area contributed by atoms with E-state index in [1.54, 1.807) is 25.1 Å². The Kier molecular flexibility index (Phi) is 2.55. The number of aromatic hydroxyl groups is 1. The zero-order valence-electron chi connectivity index (χ0n) is 8.63. The van der Waals surface area contributed by atoms with Gasteiger partial charge in [0, 0.05) is 0 Å². The molecule has 1 aromatic rings. The van der Waals surface area contributed by atoms with Gasteiger partial charge in [-0.1, -0.05) is 12.1 Å². The maximum absolute atomic E-state index is 11.9. The van der Waals surface area contributed by atoms with Crippen LogP contribution in [0, 0.1) is 5.41 Å². The van der Waals surface area contributed by atoms with Crippen LogP contribution in [0.1, 0.15) is 13.3 Å². The molecule has 16 heavy (non-hydrogen) atoms. The van der Waals surface area contributed by atoms with E-state index >= 15 is 0 Å². The van der Waals surface area contributed by atoms with Gasteiger partial charge in [-0.25, -0.2) is 0 Å². The third-order valence-corrected chi connectivity index (χ3v) is 4.01. The molecule has 1 fully saturated rings. The van der Waals surface area contributed by atoms with Gasteiger partial charge < -0.3 is 10.4 Å². The van der Waals surface area contributed by atoms with Gasteiger partial charge in [-0.2, -0.15) is 0 Å². The van der Waals surface area contributed by atoms with E-state index in [9.17, 15) is 9.90 Å². The molecule has 0 saturated heterocycles. The van der Waals surface area contributed by atoms with E-state index in [1.165, 1.54) is 6.07 Å². The lowest BCUT2D eigenvalue weighted by molar-refractivity contribution is -0.120. The molecule has 1 aliphatic rings. The van der Waals surface area contributed by atoms with Gasteiger partial charge in [-0.05, 0) is 25.5 Å². The molecule has 2 rings (SSSR count). The molecule has 0 aliphatic heterocycles. The van der Waals surface area contributed by atoms with E-state index in [4.69, 9.17) is 23.2 Å². The summed E-state index contributed by atoms with van der Waals surface area (Å²) in [5.74, 6) is -0.256. The van der Waals surface area contributed by atoms with Crippen molar-refractivity contribution in [3.8, 4) is 5.75 Å². The second-order valence-corrected chi connectivity index (χ2v) is 5.67. The Bertz CT molecular complexity index is 447. The van der Waals surface area contributed by atoms with Crippen LogP contribution in [0.2, 0.25) is 0 Å². The van der Waals surface area contributed by atoms with Gasteiger partial charge in [0.1, 0.15) is 10.1 Å². The maximum Gasteiger partial charge on any atom is 0.233 e. The summed E-state index contributed by atoms with van der Waals surface area (Å²) in [6.45, 7) is 1.70. The molecular weight excluding hydrogens is 249 g/mol. The first-order valence-electron chi connectivity index (χ1n) is 4.84. The Balaban J connectivity index is 2.13. The Hall–Kier alpha value is -0.930. The number of benzene rings is 1. The first-order valence-corrected chi connectivity index (χ1v) is 5.60. The maximum atomic E-state index is 11.9. The standard InChI is InChI=1S/C11H11Cl2NO2/c1-10(6-11(10,12)13)9(16)14-7-4-2-3-5-8(7)15/h2-5,15H,6H2,1H3,(H,14,16). The normalized spacial score (nSPS) is 26.2. The number of carbonyl (C=O) groups excluding carboxylic acids is 1.